The van der Waals surface area contributed by atoms with Crippen molar-refractivity contribution in [1.82, 2.24) is 14.9 Å². The molecule has 3 heterocycles. The number of rotatable bonds is 4. The van der Waals surface area contributed by atoms with E-state index in [9.17, 15) is 18.0 Å². The van der Waals surface area contributed by atoms with Crippen molar-refractivity contribution in [2.24, 2.45) is 0 Å². The fraction of sp³-hybridized carbons (Fsp3) is 0.400. The Bertz CT molecular complexity index is 928. The van der Waals surface area contributed by atoms with E-state index in [1.165, 1.54) is 12.4 Å². The number of nitrogens with one attached hydrogen (secondary N) is 3. The summed E-state index contributed by atoms with van der Waals surface area (Å²) in [6, 6.07) is 5.29. The van der Waals surface area contributed by atoms with Crippen LogP contribution in [0.15, 0.2) is 30.6 Å². The summed E-state index contributed by atoms with van der Waals surface area (Å²) in [4.78, 5) is 21.0. The van der Waals surface area contributed by atoms with E-state index in [1.807, 2.05) is 0 Å². The number of imidazole rings is 1. The van der Waals surface area contributed by atoms with Crippen LogP contribution in [0.3, 0.4) is 0 Å². The van der Waals surface area contributed by atoms with E-state index >= 15 is 0 Å². The lowest BCUT2D eigenvalue weighted by atomic mass is 9.98. The SMILES string of the molecule is CCN1CCC(Nc2ccc3c(c2)/C(=C(\c2ncc[nH]2)C(F)(F)F)C(=O)N3)CC1. The first-order valence-corrected chi connectivity index (χ1v) is 9.62. The van der Waals surface area contributed by atoms with Gasteiger partial charge in [-0.15, -0.1) is 0 Å². The molecular weight excluding hydrogens is 383 g/mol. The predicted molar refractivity (Wildman–Crippen MR) is 105 cm³/mol. The molecule has 0 unspecified atom stereocenters. The van der Waals surface area contributed by atoms with Gasteiger partial charge in [-0.25, -0.2) is 4.98 Å². The zero-order chi connectivity index (χ0) is 20.6. The van der Waals surface area contributed by atoms with Crippen molar-refractivity contribution in [1.29, 1.82) is 0 Å². The average molecular weight is 405 g/mol. The van der Waals surface area contributed by atoms with Gasteiger partial charge in [-0.2, -0.15) is 13.2 Å². The van der Waals surface area contributed by atoms with Crippen LogP contribution in [0.5, 0.6) is 0 Å². The summed E-state index contributed by atoms with van der Waals surface area (Å²) >= 11 is 0. The summed E-state index contributed by atoms with van der Waals surface area (Å²) < 4.78 is 41.5. The highest BCUT2D eigenvalue weighted by Gasteiger charge is 2.43. The number of halogens is 3. The van der Waals surface area contributed by atoms with Crippen molar-refractivity contribution < 1.29 is 18.0 Å². The van der Waals surface area contributed by atoms with Gasteiger partial charge in [0.05, 0.1) is 5.57 Å². The molecular formula is C20H22F3N5O. The molecule has 9 heteroatoms. The molecule has 1 aromatic heterocycles. The third-order valence-corrected chi connectivity index (χ3v) is 5.44. The van der Waals surface area contributed by atoms with Crippen LogP contribution in [-0.4, -0.2) is 52.6 Å². The number of carbonyl (C=O) groups excluding carboxylic acids is 1. The Morgan fingerprint density at radius 3 is 2.69 bits per heavy atom. The molecule has 154 valence electrons. The summed E-state index contributed by atoms with van der Waals surface area (Å²) in [7, 11) is 0. The third kappa shape index (κ3) is 3.87. The number of anilines is 2. The van der Waals surface area contributed by atoms with Crippen LogP contribution >= 0.6 is 0 Å². The van der Waals surface area contributed by atoms with Crippen LogP contribution in [0.2, 0.25) is 0 Å². The number of nitrogens with zero attached hydrogens (tertiary/aromatic N) is 2. The highest BCUT2D eigenvalue weighted by molar-refractivity contribution is 6.37. The van der Waals surface area contributed by atoms with Gasteiger partial charge in [0.2, 0.25) is 0 Å². The van der Waals surface area contributed by atoms with Crippen molar-refractivity contribution in [3.8, 4) is 0 Å². The number of carbonyl (C=O) groups is 1. The van der Waals surface area contributed by atoms with Crippen molar-refractivity contribution in [2.45, 2.75) is 32.0 Å². The zero-order valence-corrected chi connectivity index (χ0v) is 15.9. The minimum atomic E-state index is -4.73. The molecule has 0 aliphatic carbocycles. The number of benzene rings is 1. The fourth-order valence-corrected chi connectivity index (χ4v) is 3.93. The monoisotopic (exact) mass is 405 g/mol. The van der Waals surface area contributed by atoms with Gasteiger partial charge in [0.1, 0.15) is 11.4 Å². The standard InChI is InChI=1S/C20H22F3N5O/c1-2-28-9-5-12(6-10-28)26-13-3-4-15-14(11-13)16(19(29)27-15)17(20(21,22)23)18-24-7-8-25-18/h3-4,7-8,11-12,26H,2,5-6,9-10H2,1H3,(H,24,25)(H,27,29)/b17-16-. The van der Waals surface area contributed by atoms with Gasteiger partial charge < -0.3 is 20.5 Å². The molecule has 3 N–H and O–H groups in total. The summed E-state index contributed by atoms with van der Waals surface area (Å²) in [5.74, 6) is -1.15. The highest BCUT2D eigenvalue weighted by atomic mass is 19.4. The second-order valence-electron chi connectivity index (χ2n) is 7.25. The van der Waals surface area contributed by atoms with Gasteiger partial charge in [-0.1, -0.05) is 6.92 Å². The van der Waals surface area contributed by atoms with Crippen molar-refractivity contribution >= 4 is 28.4 Å². The Balaban J connectivity index is 1.69. The van der Waals surface area contributed by atoms with Gasteiger partial charge in [0.25, 0.3) is 5.91 Å². The molecule has 1 fully saturated rings. The minimum Gasteiger partial charge on any atom is -0.382 e. The minimum absolute atomic E-state index is 0.231. The molecule has 0 atom stereocenters. The number of piperidine rings is 1. The first-order valence-electron chi connectivity index (χ1n) is 9.62. The van der Waals surface area contributed by atoms with Gasteiger partial charge in [0.15, 0.2) is 0 Å². The Morgan fingerprint density at radius 1 is 1.31 bits per heavy atom. The van der Waals surface area contributed by atoms with Crippen LogP contribution in [0.1, 0.15) is 31.2 Å². The zero-order valence-electron chi connectivity index (χ0n) is 15.9. The maximum atomic E-state index is 13.8. The molecule has 1 aromatic carbocycles. The van der Waals surface area contributed by atoms with Gasteiger partial charge >= 0.3 is 6.18 Å². The molecule has 0 radical (unpaired) electrons. The van der Waals surface area contributed by atoms with Gasteiger partial charge in [0, 0.05) is 48.5 Å². The molecule has 2 aliphatic heterocycles. The second-order valence-corrected chi connectivity index (χ2v) is 7.25. The Kier molecular flexibility index (Phi) is 5.08. The summed E-state index contributed by atoms with van der Waals surface area (Å²) in [5.41, 5.74) is -0.174. The molecule has 2 aromatic rings. The van der Waals surface area contributed by atoms with Crippen LogP contribution in [0.25, 0.3) is 11.1 Å². The van der Waals surface area contributed by atoms with E-state index in [2.05, 4.69) is 32.4 Å². The molecule has 6 nitrogen and oxygen atoms in total. The first-order chi connectivity index (χ1) is 13.9. The number of amides is 1. The number of likely N-dealkylation sites (tertiary alicyclic amines) is 1. The molecule has 1 saturated heterocycles. The molecule has 0 spiro atoms. The average Bonchev–Trinajstić information content (AvgIpc) is 3.31. The van der Waals surface area contributed by atoms with E-state index in [0.29, 0.717) is 11.4 Å². The van der Waals surface area contributed by atoms with Crippen LogP contribution in [-0.2, 0) is 4.79 Å². The number of allylic oxidation sites excluding steroid dienone is 1. The third-order valence-electron chi connectivity index (χ3n) is 5.44. The molecule has 2 aliphatic rings. The quantitative estimate of drug-likeness (QED) is 0.678. The van der Waals surface area contributed by atoms with Crippen LogP contribution in [0, 0.1) is 0 Å². The maximum absolute atomic E-state index is 13.8. The van der Waals surface area contributed by atoms with Crippen LogP contribution < -0.4 is 10.6 Å². The van der Waals surface area contributed by atoms with E-state index in [-0.39, 0.29) is 17.4 Å². The molecule has 0 bridgehead atoms. The molecule has 0 saturated carbocycles. The number of aromatic nitrogens is 2. The van der Waals surface area contributed by atoms with E-state index in [4.69, 9.17) is 0 Å². The Morgan fingerprint density at radius 2 is 2.07 bits per heavy atom. The lowest BCUT2D eigenvalue weighted by molar-refractivity contribution is -0.111. The highest BCUT2D eigenvalue weighted by Crippen LogP contribution is 2.44. The van der Waals surface area contributed by atoms with Crippen molar-refractivity contribution in [3.05, 3.63) is 42.0 Å². The van der Waals surface area contributed by atoms with Gasteiger partial charge in [-0.05, 0) is 37.6 Å². The lowest BCUT2D eigenvalue weighted by Crippen LogP contribution is -2.38. The fourth-order valence-electron chi connectivity index (χ4n) is 3.93. The smallest absolute Gasteiger partial charge is 0.382 e. The summed E-state index contributed by atoms with van der Waals surface area (Å²) in [6.45, 7) is 5.12. The molecule has 1 amide bonds. The number of H-pyrrole nitrogens is 1. The van der Waals surface area contributed by atoms with Gasteiger partial charge in [-0.3, -0.25) is 4.79 Å². The predicted octanol–water partition coefficient (Wildman–Crippen LogP) is 3.73. The van der Waals surface area contributed by atoms with Crippen LogP contribution in [0.4, 0.5) is 24.5 Å². The number of alkyl halides is 3. The number of fused-ring (bicyclic) bond motifs is 1. The largest absolute Gasteiger partial charge is 0.420 e. The lowest BCUT2D eigenvalue weighted by Gasteiger charge is -2.32. The molecule has 4 rings (SSSR count). The number of hydrogen-bond acceptors (Lipinski definition) is 4. The topological polar surface area (TPSA) is 73.0 Å². The maximum Gasteiger partial charge on any atom is 0.420 e. The first kappa shape index (κ1) is 19.5. The van der Waals surface area contributed by atoms with E-state index in [0.717, 1.165) is 32.5 Å². The summed E-state index contributed by atoms with van der Waals surface area (Å²) in [6.07, 6.45) is -0.273. The number of aromatic amines is 1. The second kappa shape index (κ2) is 7.55. The summed E-state index contributed by atoms with van der Waals surface area (Å²) in [5, 5.41) is 5.94. The Labute approximate surface area is 166 Å². The Hall–Kier alpha value is -2.81. The van der Waals surface area contributed by atoms with Crippen molar-refractivity contribution in [2.75, 3.05) is 30.3 Å². The van der Waals surface area contributed by atoms with E-state index < -0.39 is 23.2 Å². The normalized spacial score (nSPS) is 19.8. The molecule has 29 heavy (non-hydrogen) atoms. The number of hydrogen-bond donors (Lipinski definition) is 3. The van der Waals surface area contributed by atoms with E-state index in [1.54, 1.807) is 18.2 Å². The van der Waals surface area contributed by atoms with Crippen molar-refractivity contribution in [3.63, 3.8) is 0 Å².